The summed E-state index contributed by atoms with van der Waals surface area (Å²) in [7, 11) is 0. The maximum absolute atomic E-state index is 13.4. The normalized spacial score (nSPS) is 12.3. The summed E-state index contributed by atoms with van der Waals surface area (Å²) >= 11 is 0. The van der Waals surface area contributed by atoms with Crippen LogP contribution in [0.4, 0.5) is 23.2 Å². The van der Waals surface area contributed by atoms with Crippen LogP contribution in [0.5, 0.6) is 5.88 Å². The molecule has 124 valence electrons. The highest BCUT2D eigenvalue weighted by Crippen LogP contribution is 2.16. The third kappa shape index (κ3) is 5.38. The van der Waals surface area contributed by atoms with Crippen molar-refractivity contribution in [3.63, 3.8) is 0 Å². The average molecular weight is 331 g/mol. The fraction of sp³-hybridized carbons (Fsp3) is 0.214. The van der Waals surface area contributed by atoms with Gasteiger partial charge < -0.3 is 15.2 Å². The van der Waals surface area contributed by atoms with Gasteiger partial charge in [-0.15, -0.1) is 0 Å². The molecule has 1 unspecified atom stereocenters. The van der Waals surface area contributed by atoms with Crippen LogP contribution in [-0.4, -0.2) is 23.1 Å². The molecule has 1 atom stereocenters. The molecule has 9 heteroatoms. The van der Waals surface area contributed by atoms with Crippen molar-refractivity contribution in [3.8, 4) is 5.88 Å². The minimum atomic E-state index is -2.99. The van der Waals surface area contributed by atoms with E-state index in [0.29, 0.717) is 5.56 Å². The van der Waals surface area contributed by atoms with Gasteiger partial charge in [-0.05, 0) is 23.8 Å². The highest BCUT2D eigenvalue weighted by Gasteiger charge is 2.10. The summed E-state index contributed by atoms with van der Waals surface area (Å²) in [5.74, 6) is -1.66. The quantitative estimate of drug-likeness (QED) is 0.537. The minimum Gasteiger partial charge on any atom is -0.417 e. The summed E-state index contributed by atoms with van der Waals surface area (Å²) in [4.78, 5) is 3.60. The van der Waals surface area contributed by atoms with Gasteiger partial charge in [0.25, 0.3) is 0 Å². The van der Waals surface area contributed by atoms with Crippen LogP contribution in [0, 0.1) is 11.6 Å². The van der Waals surface area contributed by atoms with Crippen LogP contribution < -0.4 is 15.4 Å². The van der Waals surface area contributed by atoms with Crippen molar-refractivity contribution in [2.45, 2.75) is 19.5 Å². The molecule has 0 amide bonds. The van der Waals surface area contributed by atoms with Gasteiger partial charge in [-0.25, -0.2) is 13.8 Å². The van der Waals surface area contributed by atoms with E-state index in [-0.39, 0.29) is 18.1 Å². The number of hydrogen-bond donors (Lipinski definition) is 3. The number of rotatable bonds is 7. The third-order valence-electron chi connectivity index (χ3n) is 2.73. The molecule has 0 saturated heterocycles. The largest absolute Gasteiger partial charge is 0.417 e. The van der Waals surface area contributed by atoms with Crippen LogP contribution in [0.1, 0.15) is 5.56 Å². The van der Waals surface area contributed by atoms with E-state index in [0.717, 1.165) is 18.2 Å². The van der Waals surface area contributed by atoms with Gasteiger partial charge in [0.1, 0.15) is 11.6 Å². The topological polar surface area (TPSA) is 66.4 Å². The van der Waals surface area contributed by atoms with E-state index in [1.165, 1.54) is 18.3 Å². The van der Waals surface area contributed by atoms with Crippen LogP contribution in [0.3, 0.4) is 0 Å². The second-order valence-corrected chi connectivity index (χ2v) is 4.43. The Morgan fingerprint density at radius 1 is 1.17 bits per heavy atom. The Morgan fingerprint density at radius 3 is 2.70 bits per heavy atom. The molecule has 0 radical (unpaired) electrons. The Morgan fingerprint density at radius 2 is 1.96 bits per heavy atom. The molecule has 2 aromatic rings. The van der Waals surface area contributed by atoms with E-state index >= 15 is 0 Å². The zero-order chi connectivity index (χ0) is 16.8. The summed E-state index contributed by atoms with van der Waals surface area (Å²) in [5.41, 5.74) is 0.276. The summed E-state index contributed by atoms with van der Waals surface area (Å²) in [6.45, 7) is -2.94. The summed E-state index contributed by atoms with van der Waals surface area (Å²) in [5, 5.41) is 14.6. The zero-order valence-corrected chi connectivity index (χ0v) is 11.6. The molecule has 1 heterocycles. The smallest absolute Gasteiger partial charge is 0.388 e. The van der Waals surface area contributed by atoms with Crippen LogP contribution in [-0.2, 0) is 6.54 Å². The number of nitrogens with zero attached hydrogens (tertiary/aromatic N) is 1. The Balaban J connectivity index is 1.91. The fourth-order valence-corrected chi connectivity index (χ4v) is 1.74. The first kappa shape index (κ1) is 17.0. The Kier molecular flexibility index (Phi) is 5.72. The van der Waals surface area contributed by atoms with Crippen molar-refractivity contribution in [1.29, 1.82) is 0 Å². The van der Waals surface area contributed by atoms with Crippen molar-refractivity contribution in [2.75, 3.05) is 5.32 Å². The molecule has 0 bridgehead atoms. The lowest BCUT2D eigenvalue weighted by molar-refractivity contribution is -0.0529. The Hall–Kier alpha value is -2.39. The molecular weight excluding hydrogens is 318 g/mol. The van der Waals surface area contributed by atoms with Crippen LogP contribution >= 0.6 is 0 Å². The highest BCUT2D eigenvalue weighted by molar-refractivity contribution is 5.45. The maximum Gasteiger partial charge on any atom is 0.388 e. The first-order chi connectivity index (χ1) is 10.9. The lowest BCUT2D eigenvalue weighted by atomic mass is 10.2. The number of halogens is 4. The van der Waals surface area contributed by atoms with E-state index < -0.39 is 24.6 Å². The van der Waals surface area contributed by atoms with Gasteiger partial charge in [0, 0.05) is 24.9 Å². The molecule has 2 rings (SSSR count). The molecule has 0 aliphatic rings. The van der Waals surface area contributed by atoms with Crippen molar-refractivity contribution in [2.24, 2.45) is 0 Å². The fourth-order valence-electron chi connectivity index (χ4n) is 1.74. The van der Waals surface area contributed by atoms with Gasteiger partial charge in [-0.2, -0.15) is 8.78 Å². The molecule has 5 nitrogen and oxygen atoms in total. The number of ether oxygens (including phenoxy) is 1. The molecule has 3 N–H and O–H groups in total. The van der Waals surface area contributed by atoms with E-state index in [2.05, 4.69) is 20.4 Å². The molecule has 0 saturated carbocycles. The van der Waals surface area contributed by atoms with Crippen LogP contribution in [0.15, 0.2) is 36.5 Å². The lowest BCUT2D eigenvalue weighted by Crippen LogP contribution is -2.35. The van der Waals surface area contributed by atoms with Gasteiger partial charge in [-0.1, -0.05) is 0 Å². The third-order valence-corrected chi connectivity index (χ3v) is 2.73. The predicted molar refractivity (Wildman–Crippen MR) is 73.7 cm³/mol. The number of alkyl halides is 2. The predicted octanol–water partition coefficient (Wildman–Crippen LogP) is 2.44. The molecule has 1 aromatic carbocycles. The molecule has 1 aromatic heterocycles. The lowest BCUT2D eigenvalue weighted by Gasteiger charge is -2.16. The number of nitrogens with one attached hydrogen (secondary N) is 2. The maximum atomic E-state index is 13.4. The average Bonchev–Trinajstić information content (AvgIpc) is 2.49. The molecule has 0 spiro atoms. The van der Waals surface area contributed by atoms with Crippen molar-refractivity contribution >= 4 is 5.69 Å². The number of benzene rings is 1. The first-order valence-electron chi connectivity index (χ1n) is 6.47. The van der Waals surface area contributed by atoms with Crippen molar-refractivity contribution in [1.82, 2.24) is 10.3 Å². The molecule has 0 fully saturated rings. The standard InChI is InChI=1S/C14H13F4N3O2/c15-9-1-2-10(16)11(6-9)21-14(22)20-7-8-3-4-19-12(5-8)23-13(17)18/h1-6,13-14,20-22H,7H2. The number of aliphatic hydroxyl groups is 1. The van der Waals surface area contributed by atoms with Crippen LogP contribution in [0.25, 0.3) is 0 Å². The highest BCUT2D eigenvalue weighted by atomic mass is 19.3. The van der Waals surface area contributed by atoms with Crippen molar-refractivity contribution in [3.05, 3.63) is 53.7 Å². The van der Waals surface area contributed by atoms with E-state index in [4.69, 9.17) is 0 Å². The second-order valence-electron chi connectivity index (χ2n) is 4.43. The second kappa shape index (κ2) is 7.75. The number of hydrogen-bond acceptors (Lipinski definition) is 5. The van der Waals surface area contributed by atoms with E-state index in [1.807, 2.05) is 0 Å². The van der Waals surface area contributed by atoms with Gasteiger partial charge in [0.05, 0.1) is 5.69 Å². The van der Waals surface area contributed by atoms with Crippen molar-refractivity contribution < 1.29 is 27.4 Å². The Labute approximate surface area is 128 Å². The summed E-state index contributed by atoms with van der Waals surface area (Å²) < 4.78 is 54.7. The van der Waals surface area contributed by atoms with Gasteiger partial charge in [0.2, 0.25) is 5.88 Å². The number of aliphatic hydroxyl groups excluding tert-OH is 1. The zero-order valence-electron chi connectivity index (χ0n) is 11.6. The number of pyridine rings is 1. The van der Waals surface area contributed by atoms with Crippen LogP contribution in [0.2, 0.25) is 0 Å². The summed E-state index contributed by atoms with van der Waals surface area (Å²) in [6.07, 6.45) is -0.125. The van der Waals surface area contributed by atoms with Gasteiger partial charge in [-0.3, -0.25) is 5.32 Å². The number of anilines is 1. The Bertz CT molecular complexity index is 658. The molecule has 0 aliphatic carbocycles. The molecule has 23 heavy (non-hydrogen) atoms. The van der Waals surface area contributed by atoms with Gasteiger partial charge >= 0.3 is 6.61 Å². The SMILES string of the molecule is OC(NCc1ccnc(OC(F)F)c1)Nc1cc(F)ccc1F. The monoisotopic (exact) mass is 331 g/mol. The van der Waals surface area contributed by atoms with E-state index in [9.17, 15) is 22.7 Å². The molecule has 0 aliphatic heterocycles. The minimum absolute atomic E-state index is 0.0488. The first-order valence-corrected chi connectivity index (χ1v) is 6.47. The molecular formula is C14H13F4N3O2. The van der Waals surface area contributed by atoms with E-state index in [1.54, 1.807) is 0 Å². The van der Waals surface area contributed by atoms with Gasteiger partial charge in [0.15, 0.2) is 6.35 Å². The number of aromatic nitrogens is 1. The summed E-state index contributed by atoms with van der Waals surface area (Å²) in [6, 6.07) is 5.53.